The van der Waals surface area contributed by atoms with Crippen LogP contribution in [0.25, 0.3) is 103 Å². The minimum atomic E-state index is 0.607. The molecule has 0 saturated carbocycles. The number of nitrogens with zero attached hydrogens (tertiary/aromatic N) is 5. The SMILES string of the molecule is c1ccc(-c2nc(-n3c4cnccc4c4ccc(-c5nc6ccccc6c6ccc7sc8ccccc8c7c56)cc43)nc3ccccc23)cc1. The number of rotatable bonds is 3. The normalized spacial score (nSPS) is 12.0. The smallest absolute Gasteiger partial charge is 0.235 e. The van der Waals surface area contributed by atoms with Crippen LogP contribution in [0.2, 0.25) is 0 Å². The molecule has 0 aliphatic carbocycles. The number of pyridine rings is 2. The molecule has 0 aliphatic rings. The topological polar surface area (TPSA) is 56.5 Å². The Bertz CT molecular complexity index is 3160. The van der Waals surface area contributed by atoms with Crippen LogP contribution in [-0.2, 0) is 0 Å². The van der Waals surface area contributed by atoms with Crippen molar-refractivity contribution in [3.8, 4) is 28.5 Å². The number of hydrogen-bond acceptors (Lipinski definition) is 5. The monoisotopic (exact) mass is 655 g/mol. The van der Waals surface area contributed by atoms with Gasteiger partial charge in [0.05, 0.1) is 39.7 Å². The van der Waals surface area contributed by atoms with Crippen LogP contribution < -0.4 is 0 Å². The molecule has 0 amide bonds. The molecular weight excluding hydrogens is 631 g/mol. The van der Waals surface area contributed by atoms with Crippen molar-refractivity contribution in [3.05, 3.63) is 152 Å². The van der Waals surface area contributed by atoms with Crippen molar-refractivity contribution < 1.29 is 0 Å². The van der Waals surface area contributed by atoms with Crippen LogP contribution >= 0.6 is 11.3 Å². The zero-order valence-corrected chi connectivity index (χ0v) is 27.4. The lowest BCUT2D eigenvalue weighted by Crippen LogP contribution is -2.03. The molecule has 6 heteroatoms. The summed E-state index contributed by atoms with van der Waals surface area (Å²) in [5.74, 6) is 0.607. The summed E-state index contributed by atoms with van der Waals surface area (Å²) in [6.07, 6.45) is 3.77. The maximum absolute atomic E-state index is 5.42. The summed E-state index contributed by atoms with van der Waals surface area (Å²) in [7, 11) is 0. The summed E-state index contributed by atoms with van der Waals surface area (Å²) in [6.45, 7) is 0. The van der Waals surface area contributed by atoms with Gasteiger partial charge in [-0.05, 0) is 41.8 Å². The third-order valence-electron chi connectivity index (χ3n) is 9.89. The van der Waals surface area contributed by atoms with Crippen molar-refractivity contribution in [1.29, 1.82) is 0 Å². The van der Waals surface area contributed by atoms with Gasteiger partial charge in [0.25, 0.3) is 0 Å². The van der Waals surface area contributed by atoms with Crippen LogP contribution in [0.4, 0.5) is 0 Å². The number of para-hydroxylation sites is 2. The third kappa shape index (κ3) is 3.94. The predicted octanol–water partition coefficient (Wildman–Crippen LogP) is 11.5. The first-order valence-electron chi connectivity index (χ1n) is 16.6. The number of benzene rings is 6. The van der Waals surface area contributed by atoms with E-state index in [1.807, 2.05) is 41.9 Å². The van der Waals surface area contributed by atoms with E-state index in [-0.39, 0.29) is 0 Å². The Labute approximate surface area is 289 Å². The van der Waals surface area contributed by atoms with Gasteiger partial charge in [0, 0.05) is 64.4 Å². The summed E-state index contributed by atoms with van der Waals surface area (Å²) in [5.41, 5.74) is 7.78. The Hall–Kier alpha value is -6.50. The zero-order chi connectivity index (χ0) is 32.8. The second-order valence-electron chi connectivity index (χ2n) is 12.7. The van der Waals surface area contributed by atoms with Gasteiger partial charge in [-0.25, -0.2) is 15.0 Å². The van der Waals surface area contributed by atoms with Gasteiger partial charge in [0.2, 0.25) is 5.95 Å². The molecule has 0 radical (unpaired) electrons. The minimum absolute atomic E-state index is 0.607. The molecule has 6 aromatic carbocycles. The predicted molar refractivity (Wildman–Crippen MR) is 208 cm³/mol. The first-order chi connectivity index (χ1) is 24.8. The van der Waals surface area contributed by atoms with Gasteiger partial charge in [0.1, 0.15) is 0 Å². The molecule has 232 valence electrons. The van der Waals surface area contributed by atoms with Crippen molar-refractivity contribution >= 4 is 85.9 Å². The minimum Gasteiger partial charge on any atom is -0.276 e. The van der Waals surface area contributed by atoms with Gasteiger partial charge in [-0.3, -0.25) is 9.55 Å². The number of hydrogen-bond donors (Lipinski definition) is 0. The molecule has 5 nitrogen and oxygen atoms in total. The molecule has 0 bridgehead atoms. The van der Waals surface area contributed by atoms with E-state index < -0.39 is 0 Å². The maximum Gasteiger partial charge on any atom is 0.235 e. The van der Waals surface area contributed by atoms with Crippen LogP contribution in [0.3, 0.4) is 0 Å². The van der Waals surface area contributed by atoms with Crippen molar-refractivity contribution in [2.75, 3.05) is 0 Å². The van der Waals surface area contributed by atoms with Crippen LogP contribution in [0.1, 0.15) is 0 Å². The van der Waals surface area contributed by atoms with Crippen LogP contribution in [0, 0.1) is 0 Å². The lowest BCUT2D eigenvalue weighted by Gasteiger charge is -2.13. The fourth-order valence-corrected chi connectivity index (χ4v) is 8.79. The Morgan fingerprint density at radius 3 is 2.04 bits per heavy atom. The fraction of sp³-hybridized carbons (Fsp3) is 0. The second-order valence-corrected chi connectivity index (χ2v) is 13.7. The quantitative estimate of drug-likeness (QED) is 0.178. The molecule has 0 spiro atoms. The van der Waals surface area contributed by atoms with Gasteiger partial charge in [0.15, 0.2) is 0 Å². The van der Waals surface area contributed by atoms with Gasteiger partial charge in [-0.1, -0.05) is 103 Å². The molecular formula is C44H25N5S. The van der Waals surface area contributed by atoms with Crippen molar-refractivity contribution in [3.63, 3.8) is 0 Å². The maximum atomic E-state index is 5.42. The highest BCUT2D eigenvalue weighted by Gasteiger charge is 2.21. The highest BCUT2D eigenvalue weighted by Crippen LogP contribution is 2.44. The largest absolute Gasteiger partial charge is 0.276 e. The lowest BCUT2D eigenvalue weighted by molar-refractivity contribution is 1.01. The van der Waals surface area contributed by atoms with Gasteiger partial charge in [-0.15, -0.1) is 11.3 Å². The molecule has 5 heterocycles. The van der Waals surface area contributed by atoms with E-state index in [0.717, 1.165) is 66.1 Å². The van der Waals surface area contributed by atoms with Crippen molar-refractivity contribution in [2.45, 2.75) is 0 Å². The number of fused-ring (bicyclic) bond motifs is 11. The van der Waals surface area contributed by atoms with Gasteiger partial charge in [-0.2, -0.15) is 0 Å². The summed E-state index contributed by atoms with van der Waals surface area (Å²) >= 11 is 1.84. The van der Waals surface area contributed by atoms with E-state index in [1.54, 1.807) is 0 Å². The highest BCUT2D eigenvalue weighted by atomic mass is 32.1. The first kappa shape index (κ1) is 27.5. The molecule has 0 atom stereocenters. The van der Waals surface area contributed by atoms with Crippen LogP contribution in [-0.4, -0.2) is 24.5 Å². The first-order valence-corrected chi connectivity index (χ1v) is 17.5. The average Bonchev–Trinajstić information content (AvgIpc) is 3.73. The standard InChI is InChI=1S/C44H25N5S/c1-2-10-26(11-3-1)42-32-13-5-8-16-35(32)47-44(48-42)49-36-24-27(18-19-29(36)30-22-23-45-25-37(30)49)43-41-31(28-12-4-7-15-34(28)46-43)20-21-39-40(41)33-14-6-9-17-38(33)50-39/h1-25H. The Balaban J connectivity index is 1.26. The molecule has 0 fully saturated rings. The summed E-state index contributed by atoms with van der Waals surface area (Å²) in [6, 6.07) is 49.1. The van der Waals surface area contributed by atoms with E-state index in [2.05, 4.69) is 131 Å². The fourth-order valence-electron chi connectivity index (χ4n) is 7.68. The molecule has 11 aromatic rings. The molecule has 0 saturated heterocycles. The van der Waals surface area contributed by atoms with E-state index in [9.17, 15) is 0 Å². The van der Waals surface area contributed by atoms with Gasteiger partial charge < -0.3 is 0 Å². The zero-order valence-electron chi connectivity index (χ0n) is 26.6. The van der Waals surface area contributed by atoms with Crippen molar-refractivity contribution in [2.24, 2.45) is 0 Å². The van der Waals surface area contributed by atoms with Crippen LogP contribution in [0.5, 0.6) is 0 Å². The molecule has 0 N–H and O–H groups in total. The molecule has 50 heavy (non-hydrogen) atoms. The Kier molecular flexibility index (Phi) is 5.76. The Morgan fingerprint density at radius 2 is 1.16 bits per heavy atom. The van der Waals surface area contributed by atoms with Crippen LogP contribution in [0.15, 0.2) is 152 Å². The van der Waals surface area contributed by atoms with E-state index in [1.165, 1.54) is 30.9 Å². The Morgan fingerprint density at radius 1 is 0.440 bits per heavy atom. The average molecular weight is 656 g/mol. The second kappa shape index (κ2) is 10.5. The highest BCUT2D eigenvalue weighted by molar-refractivity contribution is 7.26. The number of thiophene rings is 1. The van der Waals surface area contributed by atoms with E-state index >= 15 is 0 Å². The number of aromatic nitrogens is 5. The van der Waals surface area contributed by atoms with Crippen molar-refractivity contribution in [1.82, 2.24) is 24.5 Å². The summed E-state index contributed by atoms with van der Waals surface area (Å²) in [4.78, 5) is 20.4. The third-order valence-corrected chi connectivity index (χ3v) is 11.0. The molecule has 5 aromatic heterocycles. The van der Waals surface area contributed by atoms with E-state index in [0.29, 0.717) is 5.95 Å². The molecule has 11 rings (SSSR count). The van der Waals surface area contributed by atoms with Gasteiger partial charge >= 0.3 is 0 Å². The summed E-state index contributed by atoms with van der Waals surface area (Å²) in [5, 5.41) is 9.28. The molecule has 0 aliphatic heterocycles. The lowest BCUT2D eigenvalue weighted by atomic mass is 9.95. The molecule has 0 unspecified atom stereocenters. The van der Waals surface area contributed by atoms with E-state index in [4.69, 9.17) is 15.0 Å². The summed E-state index contributed by atoms with van der Waals surface area (Å²) < 4.78 is 4.70.